The van der Waals surface area contributed by atoms with Gasteiger partial charge in [0.2, 0.25) is 0 Å². The summed E-state index contributed by atoms with van der Waals surface area (Å²) in [5.74, 6) is -0.406. The Kier molecular flexibility index (Phi) is 8.70. The van der Waals surface area contributed by atoms with Crippen molar-refractivity contribution < 1.29 is 19.1 Å². The van der Waals surface area contributed by atoms with E-state index in [9.17, 15) is 9.59 Å². The number of esters is 1. The van der Waals surface area contributed by atoms with Crippen LogP contribution in [0.5, 0.6) is 0 Å². The van der Waals surface area contributed by atoms with Crippen molar-refractivity contribution in [1.29, 1.82) is 0 Å². The first-order chi connectivity index (χ1) is 15.4. The summed E-state index contributed by atoms with van der Waals surface area (Å²) in [6.45, 7) is 8.57. The zero-order valence-electron chi connectivity index (χ0n) is 19.1. The number of benzene rings is 1. The topological polar surface area (TPSA) is 82.5 Å². The van der Waals surface area contributed by atoms with Gasteiger partial charge in [0.05, 0.1) is 29.1 Å². The van der Waals surface area contributed by atoms with Crippen molar-refractivity contribution in [2.45, 2.75) is 53.0 Å². The molecule has 32 heavy (non-hydrogen) atoms. The average molecular weight is 462 g/mol. The molecule has 1 amide bonds. The number of carbonyl (C=O) groups is 2. The minimum Gasteiger partial charge on any atom is -0.462 e. The summed E-state index contributed by atoms with van der Waals surface area (Å²) in [4.78, 5) is 25.4. The maximum atomic E-state index is 12.9. The Morgan fingerprint density at radius 1 is 1.34 bits per heavy atom. The van der Waals surface area contributed by atoms with E-state index in [1.807, 2.05) is 25.5 Å². The summed E-state index contributed by atoms with van der Waals surface area (Å²) in [5, 5.41) is 8.32. The Morgan fingerprint density at radius 2 is 2.12 bits per heavy atom. The van der Waals surface area contributed by atoms with Crippen LogP contribution in [0.15, 0.2) is 18.2 Å². The van der Waals surface area contributed by atoms with Gasteiger partial charge in [-0.3, -0.25) is 9.48 Å². The summed E-state index contributed by atoms with van der Waals surface area (Å²) < 4.78 is 13.1. The standard InChI is InChI=1S/C24H32ClN3O4/c1-4-20-22-21(7-5-11-31-12-6-10-26-23(22)29)28(27-20)14-16(2)15-32-24(30)19-9-8-18(25)13-17(19)3/h8-9,13,16H,4-7,10-12,14-15H2,1-3H3,(H,26,29)/t16-/m1/s1. The summed E-state index contributed by atoms with van der Waals surface area (Å²) in [5.41, 5.74) is 3.72. The summed E-state index contributed by atoms with van der Waals surface area (Å²) in [6, 6.07) is 5.12. The lowest BCUT2D eigenvalue weighted by molar-refractivity contribution is 0.0434. The molecule has 1 aromatic heterocycles. The van der Waals surface area contributed by atoms with Crippen molar-refractivity contribution in [3.63, 3.8) is 0 Å². The number of hydrogen-bond donors (Lipinski definition) is 1. The van der Waals surface area contributed by atoms with E-state index in [1.165, 1.54) is 0 Å². The molecular weight excluding hydrogens is 430 g/mol. The number of amides is 1. The van der Waals surface area contributed by atoms with Gasteiger partial charge in [0.15, 0.2) is 0 Å². The lowest BCUT2D eigenvalue weighted by Gasteiger charge is -2.15. The van der Waals surface area contributed by atoms with Crippen LogP contribution in [0.3, 0.4) is 0 Å². The van der Waals surface area contributed by atoms with Gasteiger partial charge in [-0.15, -0.1) is 0 Å². The fraction of sp³-hybridized carbons (Fsp3) is 0.542. The first-order valence-corrected chi connectivity index (χ1v) is 11.7. The Labute approximate surface area is 194 Å². The molecule has 2 heterocycles. The predicted molar refractivity (Wildman–Crippen MR) is 123 cm³/mol. The highest BCUT2D eigenvalue weighted by Gasteiger charge is 2.24. The molecule has 0 unspecified atom stereocenters. The average Bonchev–Trinajstić information content (AvgIpc) is 3.08. The molecule has 0 fully saturated rings. The fourth-order valence-electron chi connectivity index (χ4n) is 3.87. The van der Waals surface area contributed by atoms with E-state index >= 15 is 0 Å². The number of aromatic nitrogens is 2. The van der Waals surface area contributed by atoms with Crippen LogP contribution in [-0.2, 0) is 28.9 Å². The van der Waals surface area contributed by atoms with Gasteiger partial charge in [-0.1, -0.05) is 25.4 Å². The molecule has 0 saturated carbocycles. The van der Waals surface area contributed by atoms with E-state index in [4.69, 9.17) is 26.2 Å². The van der Waals surface area contributed by atoms with Crippen LogP contribution in [0.25, 0.3) is 0 Å². The van der Waals surface area contributed by atoms with Gasteiger partial charge >= 0.3 is 5.97 Å². The number of rotatable bonds is 6. The summed E-state index contributed by atoms with van der Waals surface area (Å²) in [6.07, 6.45) is 3.02. The molecule has 0 spiro atoms. The third-order valence-corrected chi connectivity index (χ3v) is 5.77. The van der Waals surface area contributed by atoms with Crippen molar-refractivity contribution in [2.75, 3.05) is 26.4 Å². The molecule has 2 aromatic rings. The second kappa shape index (κ2) is 11.5. The van der Waals surface area contributed by atoms with Crippen LogP contribution in [0.4, 0.5) is 0 Å². The maximum Gasteiger partial charge on any atom is 0.338 e. The van der Waals surface area contributed by atoms with Gasteiger partial charge in [0.25, 0.3) is 5.91 Å². The molecule has 1 atom stereocenters. The molecule has 3 rings (SSSR count). The zero-order chi connectivity index (χ0) is 23.1. The highest BCUT2D eigenvalue weighted by atomic mass is 35.5. The number of nitrogens with one attached hydrogen (secondary N) is 1. The van der Waals surface area contributed by atoms with Gasteiger partial charge in [-0.05, 0) is 56.4 Å². The highest BCUT2D eigenvalue weighted by molar-refractivity contribution is 6.30. The molecular formula is C24H32ClN3O4. The Bertz CT molecular complexity index is 957. The largest absolute Gasteiger partial charge is 0.462 e. The van der Waals surface area contributed by atoms with E-state index in [0.717, 1.165) is 29.8 Å². The maximum absolute atomic E-state index is 12.9. The van der Waals surface area contributed by atoms with E-state index in [-0.39, 0.29) is 24.4 Å². The highest BCUT2D eigenvalue weighted by Crippen LogP contribution is 2.20. The smallest absolute Gasteiger partial charge is 0.338 e. The Morgan fingerprint density at radius 3 is 2.88 bits per heavy atom. The number of fused-ring (bicyclic) bond motifs is 1. The van der Waals surface area contributed by atoms with Gasteiger partial charge in [-0.25, -0.2) is 4.79 Å². The molecule has 0 aliphatic carbocycles. The van der Waals surface area contributed by atoms with Crippen LogP contribution in [0.1, 0.15) is 64.4 Å². The third-order valence-electron chi connectivity index (χ3n) is 5.54. The Balaban J connectivity index is 1.71. The first-order valence-electron chi connectivity index (χ1n) is 11.3. The van der Waals surface area contributed by atoms with Crippen LogP contribution in [0.2, 0.25) is 5.02 Å². The molecule has 174 valence electrons. The molecule has 1 aliphatic heterocycles. The summed E-state index contributed by atoms with van der Waals surface area (Å²) in [7, 11) is 0. The van der Waals surface area contributed by atoms with Gasteiger partial charge in [0, 0.05) is 37.2 Å². The number of halogens is 1. The van der Waals surface area contributed by atoms with E-state index < -0.39 is 0 Å². The van der Waals surface area contributed by atoms with Gasteiger partial charge in [-0.2, -0.15) is 5.10 Å². The first kappa shape index (κ1) is 24.3. The zero-order valence-corrected chi connectivity index (χ0v) is 19.8. The van der Waals surface area contributed by atoms with Crippen molar-refractivity contribution in [2.24, 2.45) is 5.92 Å². The lowest BCUT2D eigenvalue weighted by atomic mass is 10.1. The number of aryl methyl sites for hydroxylation is 2. The number of hydrogen-bond acceptors (Lipinski definition) is 5. The van der Waals surface area contributed by atoms with Crippen LogP contribution in [0, 0.1) is 12.8 Å². The SMILES string of the molecule is CCc1nn(C[C@@H](C)COC(=O)c2ccc(Cl)cc2C)c2c1C(=O)NCCCOCCC2. The number of nitrogens with zero attached hydrogens (tertiary/aromatic N) is 2. The van der Waals surface area contributed by atoms with E-state index in [0.29, 0.717) is 55.3 Å². The third kappa shape index (κ3) is 6.11. The van der Waals surface area contributed by atoms with Gasteiger partial charge < -0.3 is 14.8 Å². The molecule has 0 bridgehead atoms. The molecule has 1 N–H and O–H groups in total. The van der Waals surface area contributed by atoms with E-state index in [1.54, 1.807) is 18.2 Å². The van der Waals surface area contributed by atoms with Crippen molar-refractivity contribution in [3.05, 3.63) is 51.3 Å². The molecule has 0 saturated heterocycles. The number of ether oxygens (including phenoxy) is 2. The van der Waals surface area contributed by atoms with Gasteiger partial charge in [0.1, 0.15) is 0 Å². The molecule has 1 aromatic carbocycles. The Hall–Kier alpha value is -2.38. The van der Waals surface area contributed by atoms with Crippen LogP contribution in [-0.4, -0.2) is 48.0 Å². The summed E-state index contributed by atoms with van der Waals surface area (Å²) >= 11 is 5.97. The van der Waals surface area contributed by atoms with E-state index in [2.05, 4.69) is 5.32 Å². The molecule has 1 aliphatic rings. The van der Waals surface area contributed by atoms with Crippen LogP contribution < -0.4 is 5.32 Å². The quantitative estimate of drug-likeness (QED) is 0.658. The minimum atomic E-state index is -0.364. The number of carbonyl (C=O) groups excluding carboxylic acids is 2. The minimum absolute atomic E-state index is 0.0257. The second-order valence-corrected chi connectivity index (χ2v) is 8.73. The predicted octanol–water partition coefficient (Wildman–Crippen LogP) is 3.98. The molecule has 7 nitrogen and oxygen atoms in total. The van der Waals surface area contributed by atoms with Crippen molar-refractivity contribution in [1.82, 2.24) is 15.1 Å². The van der Waals surface area contributed by atoms with Crippen molar-refractivity contribution in [3.8, 4) is 0 Å². The van der Waals surface area contributed by atoms with Crippen LogP contribution >= 0.6 is 11.6 Å². The molecule has 0 radical (unpaired) electrons. The second-order valence-electron chi connectivity index (χ2n) is 8.29. The lowest BCUT2D eigenvalue weighted by Crippen LogP contribution is -2.27. The van der Waals surface area contributed by atoms with Crippen molar-refractivity contribution >= 4 is 23.5 Å². The monoisotopic (exact) mass is 461 g/mol. The molecule has 8 heteroatoms. The fourth-order valence-corrected chi connectivity index (χ4v) is 4.10. The normalized spacial score (nSPS) is 15.9.